The number of ether oxygens (including phenoxy) is 1. The van der Waals surface area contributed by atoms with Gasteiger partial charge in [0.15, 0.2) is 5.11 Å². The maximum Gasteiger partial charge on any atom is 0.417 e. The standard InChI is InChI=1S/C28H23F4N3O2S/c1-16(2)37-21-10-6-17(7-11-21)22-12-9-20(14-24(22)29)35-26(38)34(25(36)27(35,3)4)19-8-5-18(15-33)23(13-19)28(30,31)32/h5-14,16H,1-4H3. The minimum Gasteiger partial charge on any atom is -0.491 e. The molecule has 0 atom stereocenters. The van der Waals surface area contributed by atoms with Crippen LogP contribution in [-0.2, 0) is 11.0 Å². The molecule has 3 aromatic carbocycles. The lowest BCUT2D eigenvalue weighted by atomic mass is 10.0. The number of thiocarbonyl (C=S) groups is 1. The van der Waals surface area contributed by atoms with Crippen molar-refractivity contribution < 1.29 is 27.1 Å². The lowest BCUT2D eigenvalue weighted by molar-refractivity contribution is -0.137. The van der Waals surface area contributed by atoms with Crippen molar-refractivity contribution >= 4 is 34.6 Å². The molecule has 3 aromatic rings. The predicted octanol–water partition coefficient (Wildman–Crippen LogP) is 7.09. The van der Waals surface area contributed by atoms with Gasteiger partial charge >= 0.3 is 6.18 Å². The van der Waals surface area contributed by atoms with Gasteiger partial charge in [0.2, 0.25) is 0 Å². The second kappa shape index (κ2) is 9.72. The predicted molar refractivity (Wildman–Crippen MR) is 140 cm³/mol. The van der Waals surface area contributed by atoms with E-state index in [1.165, 1.54) is 23.1 Å². The average Bonchev–Trinajstić information content (AvgIpc) is 3.01. The first kappa shape index (κ1) is 27.1. The number of halogens is 4. The lowest BCUT2D eigenvalue weighted by Gasteiger charge is -2.29. The van der Waals surface area contributed by atoms with Crippen LogP contribution < -0.4 is 14.5 Å². The van der Waals surface area contributed by atoms with E-state index < -0.39 is 34.6 Å². The van der Waals surface area contributed by atoms with E-state index in [4.69, 9.17) is 22.2 Å². The maximum absolute atomic E-state index is 15.3. The van der Waals surface area contributed by atoms with Crippen LogP contribution in [0.2, 0.25) is 0 Å². The highest BCUT2D eigenvalue weighted by molar-refractivity contribution is 7.81. The van der Waals surface area contributed by atoms with E-state index in [2.05, 4.69) is 0 Å². The number of carbonyl (C=O) groups is 1. The number of hydrogen-bond donors (Lipinski definition) is 0. The fourth-order valence-corrected chi connectivity index (χ4v) is 4.84. The summed E-state index contributed by atoms with van der Waals surface area (Å²) in [7, 11) is 0. The number of benzene rings is 3. The molecule has 196 valence electrons. The minimum atomic E-state index is -4.81. The van der Waals surface area contributed by atoms with E-state index >= 15 is 4.39 Å². The van der Waals surface area contributed by atoms with Crippen LogP contribution in [0.4, 0.5) is 28.9 Å². The Bertz CT molecular complexity index is 1460. The van der Waals surface area contributed by atoms with Crippen LogP contribution in [0.15, 0.2) is 60.7 Å². The van der Waals surface area contributed by atoms with Gasteiger partial charge in [0, 0.05) is 11.3 Å². The van der Waals surface area contributed by atoms with Crippen LogP contribution in [0.25, 0.3) is 11.1 Å². The molecule has 1 aliphatic heterocycles. The molecule has 0 radical (unpaired) electrons. The molecule has 5 nitrogen and oxygen atoms in total. The number of anilines is 2. The van der Waals surface area contributed by atoms with Crippen molar-refractivity contribution in [3.63, 3.8) is 0 Å². The summed E-state index contributed by atoms with van der Waals surface area (Å²) in [6.07, 6.45) is -4.81. The van der Waals surface area contributed by atoms with Gasteiger partial charge in [0.25, 0.3) is 5.91 Å². The zero-order valence-corrected chi connectivity index (χ0v) is 21.7. The van der Waals surface area contributed by atoms with Gasteiger partial charge < -0.3 is 9.64 Å². The van der Waals surface area contributed by atoms with Gasteiger partial charge in [-0.1, -0.05) is 12.1 Å². The third kappa shape index (κ3) is 4.82. The fraction of sp³-hybridized carbons (Fsp3) is 0.250. The van der Waals surface area contributed by atoms with Crippen molar-refractivity contribution in [1.29, 1.82) is 5.26 Å². The summed E-state index contributed by atoms with van der Waals surface area (Å²) < 4.78 is 61.6. The second-order valence-corrected chi connectivity index (χ2v) is 9.88. The molecular formula is C28H23F4N3O2S. The molecule has 1 fully saturated rings. The van der Waals surface area contributed by atoms with E-state index in [0.717, 1.165) is 17.0 Å². The molecule has 0 aromatic heterocycles. The van der Waals surface area contributed by atoms with Crippen LogP contribution in [0.5, 0.6) is 5.75 Å². The summed E-state index contributed by atoms with van der Waals surface area (Å²) in [6.45, 7) is 6.91. The molecule has 0 N–H and O–H groups in total. The van der Waals surface area contributed by atoms with E-state index in [1.807, 2.05) is 13.8 Å². The number of nitrogens with zero attached hydrogens (tertiary/aromatic N) is 3. The Hall–Kier alpha value is -3.97. The number of carbonyl (C=O) groups excluding carboxylic acids is 1. The van der Waals surface area contributed by atoms with Crippen LogP contribution in [0.3, 0.4) is 0 Å². The summed E-state index contributed by atoms with van der Waals surface area (Å²) in [5.41, 5.74) is -2.01. The minimum absolute atomic E-state index is 0.00358. The summed E-state index contributed by atoms with van der Waals surface area (Å²) >= 11 is 5.52. The molecule has 0 spiro atoms. The first-order valence-corrected chi connectivity index (χ1v) is 12.0. The molecule has 0 bridgehead atoms. The number of amides is 1. The van der Waals surface area contributed by atoms with E-state index in [-0.39, 0.29) is 22.6 Å². The summed E-state index contributed by atoms with van der Waals surface area (Å²) in [4.78, 5) is 15.7. The quantitative estimate of drug-likeness (QED) is 0.255. The molecule has 1 amide bonds. The topological polar surface area (TPSA) is 56.6 Å². The Morgan fingerprint density at radius 2 is 1.63 bits per heavy atom. The highest BCUT2D eigenvalue weighted by Crippen LogP contribution is 2.40. The molecule has 38 heavy (non-hydrogen) atoms. The number of alkyl halides is 3. The number of rotatable bonds is 5. The monoisotopic (exact) mass is 541 g/mol. The van der Waals surface area contributed by atoms with Gasteiger partial charge in [-0.25, -0.2) is 4.39 Å². The van der Waals surface area contributed by atoms with Crippen molar-refractivity contribution in [3.8, 4) is 22.9 Å². The summed E-state index contributed by atoms with van der Waals surface area (Å²) in [5.74, 6) is -0.507. The summed E-state index contributed by atoms with van der Waals surface area (Å²) in [6, 6.07) is 15.8. The van der Waals surface area contributed by atoms with E-state index in [0.29, 0.717) is 16.9 Å². The van der Waals surface area contributed by atoms with Crippen molar-refractivity contribution in [3.05, 3.63) is 77.6 Å². The van der Waals surface area contributed by atoms with Crippen LogP contribution in [0.1, 0.15) is 38.8 Å². The van der Waals surface area contributed by atoms with Gasteiger partial charge in [-0.15, -0.1) is 0 Å². The number of nitriles is 1. The normalized spacial score (nSPS) is 15.3. The molecule has 1 heterocycles. The van der Waals surface area contributed by atoms with Crippen molar-refractivity contribution in [2.75, 3.05) is 9.80 Å². The smallest absolute Gasteiger partial charge is 0.417 e. The second-order valence-electron chi connectivity index (χ2n) is 9.51. The van der Waals surface area contributed by atoms with Crippen LogP contribution >= 0.6 is 12.2 Å². The highest BCUT2D eigenvalue weighted by atomic mass is 32.1. The SMILES string of the molecule is CC(C)Oc1ccc(-c2ccc(N3C(=S)N(c4ccc(C#N)c(C(F)(F)F)c4)C(=O)C3(C)C)cc2F)cc1. The van der Waals surface area contributed by atoms with Crippen molar-refractivity contribution in [2.45, 2.75) is 45.5 Å². The molecular weight excluding hydrogens is 518 g/mol. The van der Waals surface area contributed by atoms with Gasteiger partial charge in [0.05, 0.1) is 29.0 Å². The fourth-order valence-electron chi connectivity index (χ4n) is 4.32. The Labute approximate surface area is 222 Å². The van der Waals surface area contributed by atoms with Crippen molar-refractivity contribution in [1.82, 2.24) is 0 Å². The van der Waals surface area contributed by atoms with Crippen LogP contribution in [-0.4, -0.2) is 22.7 Å². The molecule has 1 aliphatic rings. The third-order valence-electron chi connectivity index (χ3n) is 6.10. The zero-order chi connectivity index (χ0) is 28.0. The Kier molecular flexibility index (Phi) is 6.93. The molecule has 10 heteroatoms. The van der Waals surface area contributed by atoms with Crippen LogP contribution in [0, 0.1) is 17.1 Å². The molecule has 0 unspecified atom stereocenters. The zero-order valence-electron chi connectivity index (χ0n) is 20.9. The molecule has 1 saturated heterocycles. The molecule has 4 rings (SSSR count). The van der Waals surface area contributed by atoms with Gasteiger partial charge in [-0.05, 0) is 94.0 Å². The van der Waals surface area contributed by atoms with Gasteiger partial charge in [-0.3, -0.25) is 9.69 Å². The van der Waals surface area contributed by atoms with Gasteiger partial charge in [-0.2, -0.15) is 18.4 Å². The first-order valence-electron chi connectivity index (χ1n) is 11.6. The largest absolute Gasteiger partial charge is 0.491 e. The Balaban J connectivity index is 1.70. The first-order chi connectivity index (χ1) is 17.8. The van der Waals surface area contributed by atoms with Crippen molar-refractivity contribution in [2.24, 2.45) is 0 Å². The number of hydrogen-bond acceptors (Lipinski definition) is 4. The lowest BCUT2D eigenvalue weighted by Crippen LogP contribution is -2.44. The third-order valence-corrected chi connectivity index (χ3v) is 6.47. The molecule has 0 aliphatic carbocycles. The van der Waals surface area contributed by atoms with Gasteiger partial charge in [0.1, 0.15) is 17.1 Å². The summed E-state index contributed by atoms with van der Waals surface area (Å²) in [5, 5.41) is 8.98. The molecule has 0 saturated carbocycles. The maximum atomic E-state index is 15.3. The Morgan fingerprint density at radius 3 is 2.18 bits per heavy atom. The van der Waals surface area contributed by atoms with E-state index in [9.17, 15) is 18.0 Å². The Morgan fingerprint density at radius 1 is 1.00 bits per heavy atom. The average molecular weight is 542 g/mol. The van der Waals surface area contributed by atoms with E-state index in [1.54, 1.807) is 50.2 Å². The highest BCUT2D eigenvalue weighted by Gasteiger charge is 2.50.